The molecule has 0 amide bonds. The van der Waals surface area contributed by atoms with Crippen molar-refractivity contribution in [1.82, 2.24) is 10.5 Å². The molecule has 0 spiro atoms. The van der Waals surface area contributed by atoms with Crippen molar-refractivity contribution in [3.05, 3.63) is 45.8 Å². The zero-order valence-corrected chi connectivity index (χ0v) is 13.1. The van der Waals surface area contributed by atoms with E-state index in [2.05, 4.69) is 26.4 Å². The summed E-state index contributed by atoms with van der Waals surface area (Å²) in [6.07, 6.45) is 0. The average molecular weight is 341 g/mol. The molecule has 1 N–H and O–H groups in total. The van der Waals surface area contributed by atoms with E-state index >= 15 is 0 Å². The molecule has 0 radical (unpaired) electrons. The number of rotatable bonds is 7. The fourth-order valence-electron chi connectivity index (χ4n) is 1.80. The van der Waals surface area contributed by atoms with E-state index in [1.165, 1.54) is 0 Å². The summed E-state index contributed by atoms with van der Waals surface area (Å²) in [7, 11) is 3.52. The number of nitrogens with zero attached hydrogens (tertiary/aromatic N) is 1. The number of aromatic nitrogens is 1. The lowest BCUT2D eigenvalue weighted by Gasteiger charge is -2.10. The highest BCUT2D eigenvalue weighted by Crippen LogP contribution is 2.24. The number of methoxy groups -OCH3 is 1. The van der Waals surface area contributed by atoms with Crippen LogP contribution in [0.2, 0.25) is 0 Å². The highest BCUT2D eigenvalue weighted by atomic mass is 79.9. The Bertz CT molecular complexity index is 557. The number of benzene rings is 1. The van der Waals surface area contributed by atoms with Gasteiger partial charge in [0.25, 0.3) is 0 Å². The van der Waals surface area contributed by atoms with E-state index in [1.54, 1.807) is 7.11 Å². The highest BCUT2D eigenvalue weighted by Gasteiger charge is 2.08. The quantitative estimate of drug-likeness (QED) is 0.839. The zero-order chi connectivity index (χ0) is 14.4. The van der Waals surface area contributed by atoms with Crippen molar-refractivity contribution in [1.29, 1.82) is 0 Å². The monoisotopic (exact) mass is 340 g/mol. The van der Waals surface area contributed by atoms with Gasteiger partial charge in [0, 0.05) is 29.8 Å². The van der Waals surface area contributed by atoms with Crippen molar-refractivity contribution < 1.29 is 14.0 Å². The predicted octanol–water partition coefficient (Wildman–Crippen LogP) is 2.88. The summed E-state index contributed by atoms with van der Waals surface area (Å²) in [5, 5.41) is 7.06. The van der Waals surface area contributed by atoms with E-state index in [4.69, 9.17) is 14.0 Å². The summed E-state index contributed by atoms with van der Waals surface area (Å²) in [5.41, 5.74) is 1.83. The minimum atomic E-state index is 0.367. The first-order valence-electron chi connectivity index (χ1n) is 6.22. The molecule has 0 aliphatic heterocycles. The second-order valence-corrected chi connectivity index (χ2v) is 5.20. The van der Waals surface area contributed by atoms with Crippen molar-refractivity contribution in [2.45, 2.75) is 19.8 Å². The summed E-state index contributed by atoms with van der Waals surface area (Å²) in [4.78, 5) is 0. The molecule has 0 saturated heterocycles. The zero-order valence-electron chi connectivity index (χ0n) is 11.5. The molecule has 0 fully saturated rings. The Hall–Kier alpha value is -1.37. The first-order valence-corrected chi connectivity index (χ1v) is 7.01. The highest BCUT2D eigenvalue weighted by molar-refractivity contribution is 9.10. The van der Waals surface area contributed by atoms with Crippen LogP contribution in [0.1, 0.15) is 17.0 Å². The summed E-state index contributed by atoms with van der Waals surface area (Å²) >= 11 is 3.46. The second kappa shape index (κ2) is 7.42. The maximum atomic E-state index is 5.80. The summed E-state index contributed by atoms with van der Waals surface area (Å²) in [5.74, 6) is 1.52. The van der Waals surface area contributed by atoms with Crippen molar-refractivity contribution >= 4 is 15.9 Å². The van der Waals surface area contributed by atoms with Crippen LogP contribution < -0.4 is 10.1 Å². The number of nitrogens with one attached hydrogen (secondary N) is 1. The molecule has 0 saturated carbocycles. The lowest BCUT2D eigenvalue weighted by molar-refractivity contribution is 0.155. The normalized spacial score (nSPS) is 10.8. The molecule has 0 unspecified atom stereocenters. The maximum Gasteiger partial charge on any atom is 0.162 e. The fraction of sp³-hybridized carbons (Fsp3) is 0.357. The molecule has 20 heavy (non-hydrogen) atoms. The van der Waals surface area contributed by atoms with Gasteiger partial charge < -0.3 is 19.3 Å². The molecule has 2 aromatic rings. The smallest absolute Gasteiger partial charge is 0.162 e. The minimum absolute atomic E-state index is 0.367. The third-order valence-electron chi connectivity index (χ3n) is 2.66. The van der Waals surface area contributed by atoms with Crippen LogP contribution in [0.3, 0.4) is 0 Å². The lowest BCUT2D eigenvalue weighted by atomic mass is 10.2. The van der Waals surface area contributed by atoms with Gasteiger partial charge in [-0.25, -0.2) is 0 Å². The largest absolute Gasteiger partial charge is 0.487 e. The fourth-order valence-corrected chi connectivity index (χ4v) is 2.21. The minimum Gasteiger partial charge on any atom is -0.487 e. The molecule has 0 aliphatic rings. The van der Waals surface area contributed by atoms with Crippen LogP contribution in [0.25, 0.3) is 0 Å². The molecule has 1 aromatic carbocycles. The molecule has 0 atom stereocenters. The van der Waals surface area contributed by atoms with Crippen LogP contribution in [-0.4, -0.2) is 19.3 Å². The number of halogens is 1. The maximum absolute atomic E-state index is 5.80. The summed E-state index contributed by atoms with van der Waals surface area (Å²) in [6.45, 7) is 1.52. The third kappa shape index (κ3) is 4.06. The van der Waals surface area contributed by atoms with E-state index in [-0.39, 0.29) is 0 Å². The topological polar surface area (TPSA) is 56.5 Å². The Morgan fingerprint density at radius 2 is 2.15 bits per heavy atom. The second-order valence-electron chi connectivity index (χ2n) is 4.29. The van der Waals surface area contributed by atoms with Gasteiger partial charge in [0.05, 0.1) is 0 Å². The van der Waals surface area contributed by atoms with Gasteiger partial charge in [-0.15, -0.1) is 0 Å². The number of ether oxygens (including phenoxy) is 2. The van der Waals surface area contributed by atoms with Crippen LogP contribution in [0, 0.1) is 0 Å². The Labute approximate surface area is 126 Å². The average Bonchev–Trinajstić information content (AvgIpc) is 2.86. The summed E-state index contributed by atoms with van der Waals surface area (Å²) in [6, 6.07) is 7.76. The van der Waals surface area contributed by atoms with Gasteiger partial charge in [0.2, 0.25) is 0 Å². The molecule has 0 aliphatic carbocycles. The standard InChI is InChI=1S/C14H17BrN2O3/c1-16-7-10-5-11(15)3-4-14(10)19-8-12-6-13(9-18-2)20-17-12/h3-6,16H,7-9H2,1-2H3. The Morgan fingerprint density at radius 1 is 1.30 bits per heavy atom. The first kappa shape index (κ1) is 15.0. The van der Waals surface area contributed by atoms with Crippen LogP contribution in [0.5, 0.6) is 5.75 Å². The van der Waals surface area contributed by atoms with Crippen molar-refractivity contribution in [2.75, 3.05) is 14.2 Å². The Balaban J connectivity index is 2.02. The van der Waals surface area contributed by atoms with Gasteiger partial charge in [-0.3, -0.25) is 0 Å². The molecule has 1 aromatic heterocycles. The van der Waals surface area contributed by atoms with Crippen molar-refractivity contribution in [2.24, 2.45) is 0 Å². The third-order valence-corrected chi connectivity index (χ3v) is 3.15. The van der Waals surface area contributed by atoms with E-state index in [1.807, 2.05) is 31.3 Å². The molecule has 0 bridgehead atoms. The summed E-state index contributed by atoms with van der Waals surface area (Å²) < 4.78 is 16.9. The van der Waals surface area contributed by atoms with Crippen LogP contribution >= 0.6 is 15.9 Å². The van der Waals surface area contributed by atoms with Gasteiger partial charge in [0.1, 0.15) is 24.7 Å². The van der Waals surface area contributed by atoms with Gasteiger partial charge in [-0.1, -0.05) is 21.1 Å². The lowest BCUT2D eigenvalue weighted by Crippen LogP contribution is -2.07. The van der Waals surface area contributed by atoms with Crippen LogP contribution in [-0.2, 0) is 24.5 Å². The van der Waals surface area contributed by atoms with E-state index in [9.17, 15) is 0 Å². The Morgan fingerprint density at radius 3 is 2.90 bits per heavy atom. The van der Waals surface area contributed by atoms with Crippen molar-refractivity contribution in [3.63, 3.8) is 0 Å². The number of hydrogen-bond donors (Lipinski definition) is 1. The molecule has 5 nitrogen and oxygen atoms in total. The molecule has 1 heterocycles. The van der Waals surface area contributed by atoms with E-state index < -0.39 is 0 Å². The van der Waals surface area contributed by atoms with Gasteiger partial charge in [-0.05, 0) is 25.2 Å². The van der Waals surface area contributed by atoms with Gasteiger partial charge in [0.15, 0.2) is 5.76 Å². The first-order chi connectivity index (χ1) is 9.72. The Kier molecular flexibility index (Phi) is 5.58. The predicted molar refractivity (Wildman–Crippen MR) is 78.5 cm³/mol. The van der Waals surface area contributed by atoms with E-state index in [0.717, 1.165) is 28.0 Å². The molecule has 2 rings (SSSR count). The molecular formula is C14H17BrN2O3. The molecular weight excluding hydrogens is 324 g/mol. The number of hydrogen-bond acceptors (Lipinski definition) is 5. The van der Waals surface area contributed by atoms with E-state index in [0.29, 0.717) is 19.0 Å². The van der Waals surface area contributed by atoms with Gasteiger partial charge in [-0.2, -0.15) is 0 Å². The van der Waals surface area contributed by atoms with Crippen molar-refractivity contribution in [3.8, 4) is 5.75 Å². The SMILES string of the molecule is CNCc1cc(Br)ccc1OCc1cc(COC)on1. The van der Waals surface area contributed by atoms with Crippen LogP contribution in [0.15, 0.2) is 33.3 Å². The van der Waals surface area contributed by atoms with Crippen LogP contribution in [0.4, 0.5) is 0 Å². The van der Waals surface area contributed by atoms with Gasteiger partial charge >= 0.3 is 0 Å². The molecule has 108 valence electrons. The molecule has 6 heteroatoms.